The average Bonchev–Trinajstić information content (AvgIpc) is 3.36. The van der Waals surface area contributed by atoms with Crippen LogP contribution >= 0.6 is 0 Å². The molecule has 134 valence electrons. The molecule has 2 N–H and O–H groups in total. The van der Waals surface area contributed by atoms with Gasteiger partial charge in [-0.1, -0.05) is 6.07 Å². The third kappa shape index (κ3) is 3.20. The summed E-state index contributed by atoms with van der Waals surface area (Å²) >= 11 is 0. The summed E-state index contributed by atoms with van der Waals surface area (Å²) < 4.78 is 26.3. The first kappa shape index (κ1) is 17.3. The van der Waals surface area contributed by atoms with Crippen molar-refractivity contribution in [1.29, 1.82) is 0 Å². The highest BCUT2D eigenvalue weighted by molar-refractivity contribution is 6.09. The number of imide groups is 1. The van der Waals surface area contributed by atoms with Gasteiger partial charge in [0.05, 0.1) is 6.04 Å². The largest absolute Gasteiger partial charge is 0.348 e. The molecule has 1 heterocycles. The molecule has 8 heteroatoms. The molecule has 0 bridgehead atoms. The Balaban J connectivity index is 1.63. The number of carbonyl (C=O) groups excluding carboxylic acids is 3. The van der Waals surface area contributed by atoms with E-state index in [2.05, 4.69) is 10.6 Å². The Labute approximate surface area is 143 Å². The Bertz CT molecular complexity index is 751. The fraction of sp³-hybridized carbons (Fsp3) is 0.471. The zero-order chi connectivity index (χ0) is 18.4. The summed E-state index contributed by atoms with van der Waals surface area (Å²) in [5.41, 5.74) is -0.560. The monoisotopic (exact) mass is 351 g/mol. The van der Waals surface area contributed by atoms with Gasteiger partial charge in [0.25, 0.3) is 5.91 Å². The lowest BCUT2D eigenvalue weighted by Crippen LogP contribution is -2.47. The Morgan fingerprint density at radius 1 is 1.36 bits per heavy atom. The van der Waals surface area contributed by atoms with Crippen molar-refractivity contribution in [3.63, 3.8) is 0 Å². The number of benzene rings is 1. The van der Waals surface area contributed by atoms with E-state index in [0.29, 0.717) is 5.56 Å². The predicted molar refractivity (Wildman–Crippen MR) is 84.3 cm³/mol. The SMILES string of the molecule is CC(NC(=O)CN1C(=O)NC(C)(C2CC2)C1=O)c1ccc(F)c(F)c1. The number of nitrogens with zero attached hydrogens (tertiary/aromatic N) is 1. The Kier molecular flexibility index (Phi) is 4.22. The molecule has 2 fully saturated rings. The first-order chi connectivity index (χ1) is 11.7. The van der Waals surface area contributed by atoms with Crippen LogP contribution in [0.5, 0.6) is 0 Å². The lowest BCUT2D eigenvalue weighted by atomic mass is 9.96. The molecule has 0 radical (unpaired) electrons. The number of urea groups is 1. The van der Waals surface area contributed by atoms with Crippen LogP contribution < -0.4 is 10.6 Å². The van der Waals surface area contributed by atoms with Gasteiger partial charge in [0, 0.05) is 0 Å². The van der Waals surface area contributed by atoms with Gasteiger partial charge in [-0.2, -0.15) is 0 Å². The Hall–Kier alpha value is -2.51. The molecule has 25 heavy (non-hydrogen) atoms. The summed E-state index contributed by atoms with van der Waals surface area (Å²) in [7, 11) is 0. The van der Waals surface area contributed by atoms with E-state index < -0.39 is 47.6 Å². The van der Waals surface area contributed by atoms with Gasteiger partial charge in [-0.05, 0) is 50.3 Å². The van der Waals surface area contributed by atoms with Crippen LogP contribution in [0.2, 0.25) is 0 Å². The van der Waals surface area contributed by atoms with Crippen LogP contribution in [0.25, 0.3) is 0 Å². The van der Waals surface area contributed by atoms with Gasteiger partial charge in [0.1, 0.15) is 12.1 Å². The minimum atomic E-state index is -1.01. The van der Waals surface area contributed by atoms with Crippen LogP contribution in [0.1, 0.15) is 38.3 Å². The number of hydrogen-bond donors (Lipinski definition) is 2. The molecule has 1 aliphatic carbocycles. The highest BCUT2D eigenvalue weighted by Crippen LogP contribution is 2.42. The van der Waals surface area contributed by atoms with Gasteiger partial charge >= 0.3 is 6.03 Å². The number of carbonyl (C=O) groups is 3. The van der Waals surface area contributed by atoms with Crippen LogP contribution in [0, 0.1) is 17.6 Å². The quantitative estimate of drug-likeness (QED) is 0.795. The number of nitrogens with one attached hydrogen (secondary N) is 2. The zero-order valence-electron chi connectivity index (χ0n) is 13.9. The molecule has 1 aliphatic heterocycles. The van der Waals surface area contributed by atoms with E-state index in [1.807, 2.05) is 0 Å². The second-order valence-corrected chi connectivity index (χ2v) is 6.76. The fourth-order valence-electron chi connectivity index (χ4n) is 3.09. The predicted octanol–water partition coefficient (Wildman–Crippen LogP) is 1.86. The highest BCUT2D eigenvalue weighted by atomic mass is 19.2. The maximum absolute atomic E-state index is 13.3. The van der Waals surface area contributed by atoms with Crippen LogP contribution in [0.15, 0.2) is 18.2 Å². The van der Waals surface area contributed by atoms with E-state index in [1.54, 1.807) is 13.8 Å². The lowest BCUT2D eigenvalue weighted by Gasteiger charge is -2.21. The molecule has 1 saturated carbocycles. The zero-order valence-corrected chi connectivity index (χ0v) is 13.9. The lowest BCUT2D eigenvalue weighted by molar-refractivity contribution is -0.135. The molecule has 2 unspecified atom stereocenters. The van der Waals surface area contributed by atoms with Gasteiger partial charge < -0.3 is 10.6 Å². The summed E-state index contributed by atoms with van der Waals surface area (Å²) in [5, 5.41) is 5.24. The first-order valence-corrected chi connectivity index (χ1v) is 8.11. The van der Waals surface area contributed by atoms with Crippen molar-refractivity contribution in [2.75, 3.05) is 6.54 Å². The standard InChI is InChI=1S/C17H19F2N3O3/c1-9(10-3-6-12(18)13(19)7-10)20-14(23)8-22-15(24)17(2,11-4-5-11)21-16(22)25/h3,6-7,9,11H,4-5,8H2,1-2H3,(H,20,23)(H,21,25). The van der Waals surface area contributed by atoms with Crippen molar-refractivity contribution in [2.24, 2.45) is 5.92 Å². The minimum absolute atomic E-state index is 0.109. The molecule has 2 atom stereocenters. The molecule has 0 aromatic heterocycles. The molecule has 1 aromatic carbocycles. The first-order valence-electron chi connectivity index (χ1n) is 8.11. The van der Waals surface area contributed by atoms with Crippen molar-refractivity contribution < 1.29 is 23.2 Å². The molecule has 0 spiro atoms. The molecule has 4 amide bonds. The van der Waals surface area contributed by atoms with E-state index in [0.717, 1.165) is 29.9 Å². The van der Waals surface area contributed by atoms with E-state index in [1.165, 1.54) is 6.07 Å². The van der Waals surface area contributed by atoms with Gasteiger partial charge in [0.15, 0.2) is 11.6 Å². The van der Waals surface area contributed by atoms with Crippen LogP contribution in [-0.2, 0) is 9.59 Å². The summed E-state index contributed by atoms with van der Waals surface area (Å²) in [6.45, 7) is 2.86. The highest BCUT2D eigenvalue weighted by Gasteiger charge is 2.56. The van der Waals surface area contributed by atoms with Gasteiger partial charge in [-0.3, -0.25) is 14.5 Å². The number of rotatable bonds is 5. The number of hydrogen-bond acceptors (Lipinski definition) is 3. The number of halogens is 2. The second-order valence-electron chi connectivity index (χ2n) is 6.76. The Morgan fingerprint density at radius 3 is 2.64 bits per heavy atom. The van der Waals surface area contributed by atoms with Gasteiger partial charge in [-0.15, -0.1) is 0 Å². The number of amides is 4. The van der Waals surface area contributed by atoms with Crippen molar-refractivity contribution >= 4 is 17.8 Å². The topological polar surface area (TPSA) is 78.5 Å². The summed E-state index contributed by atoms with van der Waals surface area (Å²) in [4.78, 5) is 37.6. The third-order valence-electron chi connectivity index (χ3n) is 4.82. The van der Waals surface area contributed by atoms with E-state index in [-0.39, 0.29) is 5.92 Å². The van der Waals surface area contributed by atoms with Crippen molar-refractivity contribution in [2.45, 2.75) is 38.3 Å². The van der Waals surface area contributed by atoms with Gasteiger partial charge in [-0.25, -0.2) is 13.6 Å². The Morgan fingerprint density at radius 2 is 2.04 bits per heavy atom. The summed E-state index contributed by atoms with van der Waals surface area (Å²) in [5.74, 6) is -2.83. The van der Waals surface area contributed by atoms with E-state index >= 15 is 0 Å². The van der Waals surface area contributed by atoms with Crippen molar-refractivity contribution in [3.8, 4) is 0 Å². The van der Waals surface area contributed by atoms with Crippen molar-refractivity contribution in [1.82, 2.24) is 15.5 Å². The van der Waals surface area contributed by atoms with E-state index in [4.69, 9.17) is 0 Å². The summed E-state index contributed by atoms with van der Waals surface area (Å²) in [6.07, 6.45) is 1.74. The second kappa shape index (κ2) is 6.09. The summed E-state index contributed by atoms with van der Waals surface area (Å²) in [6, 6.07) is 2.15. The maximum atomic E-state index is 13.3. The third-order valence-corrected chi connectivity index (χ3v) is 4.82. The van der Waals surface area contributed by atoms with Gasteiger partial charge in [0.2, 0.25) is 5.91 Å². The smallest absolute Gasteiger partial charge is 0.325 e. The van der Waals surface area contributed by atoms with Crippen LogP contribution in [0.4, 0.5) is 13.6 Å². The minimum Gasteiger partial charge on any atom is -0.348 e. The molecule has 3 rings (SSSR count). The van der Waals surface area contributed by atoms with Crippen LogP contribution in [0.3, 0.4) is 0 Å². The fourth-order valence-corrected chi connectivity index (χ4v) is 3.09. The average molecular weight is 351 g/mol. The molecule has 6 nitrogen and oxygen atoms in total. The maximum Gasteiger partial charge on any atom is 0.325 e. The molecular weight excluding hydrogens is 332 g/mol. The molecule has 2 aliphatic rings. The molecular formula is C17H19F2N3O3. The van der Waals surface area contributed by atoms with Crippen LogP contribution in [-0.4, -0.2) is 34.8 Å². The molecule has 1 saturated heterocycles. The van der Waals surface area contributed by atoms with Crippen molar-refractivity contribution in [3.05, 3.63) is 35.4 Å². The van der Waals surface area contributed by atoms with E-state index in [9.17, 15) is 23.2 Å². The normalized spacial score (nSPS) is 24.2. The molecule has 1 aromatic rings.